The second-order valence-electron chi connectivity index (χ2n) is 9.84. The van der Waals surface area contributed by atoms with Crippen LogP contribution in [0.25, 0.3) is 58.8 Å². The van der Waals surface area contributed by atoms with Crippen LogP contribution >= 0.6 is 11.3 Å². The number of rotatable bonds is 4. The van der Waals surface area contributed by atoms with Gasteiger partial charge in [-0.2, -0.15) is 0 Å². The fourth-order valence-electron chi connectivity index (χ4n) is 5.87. The van der Waals surface area contributed by atoms with Crippen molar-refractivity contribution in [3.05, 3.63) is 140 Å². The maximum absolute atomic E-state index is 3.79. The van der Waals surface area contributed by atoms with E-state index in [0.717, 1.165) is 11.4 Å². The highest BCUT2D eigenvalue weighted by molar-refractivity contribution is 7.26. The van der Waals surface area contributed by atoms with E-state index in [4.69, 9.17) is 0 Å². The molecule has 0 radical (unpaired) electrons. The topological polar surface area (TPSA) is 17.0 Å². The number of fused-ring (bicyclic) bond motifs is 6. The van der Waals surface area contributed by atoms with Gasteiger partial charge in [-0.15, -0.1) is 11.3 Å². The highest BCUT2D eigenvalue weighted by Crippen LogP contribution is 2.44. The fourth-order valence-corrected chi connectivity index (χ4v) is 7.14. The standard InChI is InChI=1S/C36H24N2S/c1-2-12-24(13-3-1)25-14-4-7-19-30(25)37-31-20-10-17-28-29-18-11-23-34(36(29)39-35(28)31)38-32-21-8-5-15-26(32)27-16-6-9-22-33(27)38/h1-23,37H. The van der Waals surface area contributed by atoms with Gasteiger partial charge in [0.1, 0.15) is 0 Å². The van der Waals surface area contributed by atoms with Crippen LogP contribution in [-0.2, 0) is 0 Å². The van der Waals surface area contributed by atoms with Gasteiger partial charge >= 0.3 is 0 Å². The molecule has 0 unspecified atom stereocenters. The number of nitrogens with zero attached hydrogens (tertiary/aromatic N) is 1. The minimum absolute atomic E-state index is 1.11. The molecule has 8 aromatic rings. The van der Waals surface area contributed by atoms with Gasteiger partial charge in [-0.1, -0.05) is 109 Å². The molecule has 0 aliphatic heterocycles. The van der Waals surface area contributed by atoms with E-state index < -0.39 is 0 Å². The fraction of sp³-hybridized carbons (Fsp3) is 0. The normalized spacial score (nSPS) is 11.6. The quantitative estimate of drug-likeness (QED) is 0.246. The number of thiophene rings is 1. The molecule has 0 saturated carbocycles. The lowest BCUT2D eigenvalue weighted by Crippen LogP contribution is -1.93. The van der Waals surface area contributed by atoms with Crippen molar-refractivity contribution < 1.29 is 0 Å². The summed E-state index contributed by atoms with van der Waals surface area (Å²) in [5.41, 5.74) is 8.33. The van der Waals surface area contributed by atoms with E-state index in [-0.39, 0.29) is 0 Å². The first-order valence-electron chi connectivity index (χ1n) is 13.2. The van der Waals surface area contributed by atoms with Crippen LogP contribution in [0.3, 0.4) is 0 Å². The lowest BCUT2D eigenvalue weighted by atomic mass is 10.0. The summed E-state index contributed by atoms with van der Waals surface area (Å²) in [6, 6.07) is 49.9. The zero-order valence-corrected chi connectivity index (χ0v) is 22.0. The molecule has 184 valence electrons. The van der Waals surface area contributed by atoms with Crippen LogP contribution in [-0.4, -0.2) is 4.57 Å². The Morgan fingerprint density at radius 2 is 1.00 bits per heavy atom. The number of hydrogen-bond acceptors (Lipinski definition) is 2. The van der Waals surface area contributed by atoms with Gasteiger partial charge in [0, 0.05) is 32.8 Å². The summed E-state index contributed by atoms with van der Waals surface area (Å²) in [5, 5.41) is 8.92. The third-order valence-electron chi connectivity index (χ3n) is 7.61. The van der Waals surface area contributed by atoms with E-state index >= 15 is 0 Å². The molecule has 0 aliphatic carbocycles. The van der Waals surface area contributed by atoms with Crippen LogP contribution in [0.4, 0.5) is 11.4 Å². The number of hydrogen-bond donors (Lipinski definition) is 1. The molecule has 0 spiro atoms. The largest absolute Gasteiger partial charge is 0.354 e. The number of aromatic nitrogens is 1. The average molecular weight is 517 g/mol. The molecule has 6 aromatic carbocycles. The summed E-state index contributed by atoms with van der Waals surface area (Å²) in [6.07, 6.45) is 0. The van der Waals surface area contributed by atoms with Crippen molar-refractivity contribution in [1.82, 2.24) is 4.57 Å². The average Bonchev–Trinajstić information content (AvgIpc) is 3.55. The third-order valence-corrected chi connectivity index (χ3v) is 8.88. The van der Waals surface area contributed by atoms with Crippen LogP contribution in [0.1, 0.15) is 0 Å². The predicted molar refractivity (Wildman–Crippen MR) is 169 cm³/mol. The molecule has 39 heavy (non-hydrogen) atoms. The number of anilines is 2. The van der Waals surface area contributed by atoms with Crippen molar-refractivity contribution in [3.8, 4) is 16.8 Å². The summed E-state index contributed by atoms with van der Waals surface area (Å²) >= 11 is 1.87. The Bertz CT molecular complexity index is 2100. The van der Waals surface area contributed by atoms with Crippen molar-refractivity contribution in [2.45, 2.75) is 0 Å². The Labute approximate surface area is 230 Å². The molecular formula is C36H24N2S. The highest BCUT2D eigenvalue weighted by Gasteiger charge is 2.17. The van der Waals surface area contributed by atoms with Crippen molar-refractivity contribution in [3.63, 3.8) is 0 Å². The molecule has 3 heteroatoms. The first-order valence-corrected chi connectivity index (χ1v) is 14.0. The number of para-hydroxylation sites is 3. The summed E-state index contributed by atoms with van der Waals surface area (Å²) in [4.78, 5) is 0. The van der Waals surface area contributed by atoms with Gasteiger partial charge < -0.3 is 9.88 Å². The lowest BCUT2D eigenvalue weighted by molar-refractivity contribution is 1.20. The second kappa shape index (κ2) is 8.87. The first kappa shape index (κ1) is 22.2. The Morgan fingerprint density at radius 3 is 1.77 bits per heavy atom. The van der Waals surface area contributed by atoms with E-state index in [2.05, 4.69) is 149 Å². The van der Waals surface area contributed by atoms with Crippen LogP contribution in [0.15, 0.2) is 140 Å². The molecule has 0 aliphatic rings. The molecule has 0 bridgehead atoms. The van der Waals surface area contributed by atoms with Gasteiger partial charge in [-0.25, -0.2) is 0 Å². The molecule has 2 nitrogen and oxygen atoms in total. The van der Waals surface area contributed by atoms with Gasteiger partial charge in [0.2, 0.25) is 0 Å². The monoisotopic (exact) mass is 516 g/mol. The second-order valence-corrected chi connectivity index (χ2v) is 10.9. The summed E-state index contributed by atoms with van der Waals surface area (Å²) in [6.45, 7) is 0. The van der Waals surface area contributed by atoms with Gasteiger partial charge in [0.15, 0.2) is 0 Å². The molecule has 1 N–H and O–H groups in total. The summed E-state index contributed by atoms with van der Waals surface area (Å²) in [7, 11) is 0. The Hall–Kier alpha value is -4.86. The Kier molecular flexibility index (Phi) is 5.04. The van der Waals surface area contributed by atoms with Gasteiger partial charge in [0.25, 0.3) is 0 Å². The van der Waals surface area contributed by atoms with Gasteiger partial charge in [0.05, 0.1) is 31.8 Å². The van der Waals surface area contributed by atoms with Crippen LogP contribution in [0.5, 0.6) is 0 Å². The maximum atomic E-state index is 3.79. The summed E-state index contributed by atoms with van der Waals surface area (Å²) < 4.78 is 4.99. The van der Waals surface area contributed by atoms with Crippen molar-refractivity contribution >= 4 is 64.7 Å². The molecule has 0 atom stereocenters. The first-order chi connectivity index (χ1) is 19.4. The van der Waals surface area contributed by atoms with Crippen LogP contribution in [0, 0.1) is 0 Å². The molecule has 2 heterocycles. The minimum Gasteiger partial charge on any atom is -0.354 e. The Balaban J connectivity index is 1.35. The van der Waals surface area contributed by atoms with E-state index in [9.17, 15) is 0 Å². The SMILES string of the molecule is c1ccc(-c2ccccc2Nc2cccc3c2sc2c(-n4c5ccccc5c5ccccc54)cccc23)cc1. The van der Waals surface area contributed by atoms with Gasteiger partial charge in [-0.3, -0.25) is 0 Å². The van der Waals surface area contributed by atoms with Crippen molar-refractivity contribution in [1.29, 1.82) is 0 Å². The maximum Gasteiger partial charge on any atom is 0.0640 e. The number of nitrogens with one attached hydrogen (secondary N) is 1. The highest BCUT2D eigenvalue weighted by atomic mass is 32.1. The van der Waals surface area contributed by atoms with E-state index in [1.165, 1.54) is 58.8 Å². The molecule has 0 saturated heterocycles. The minimum atomic E-state index is 1.11. The van der Waals surface area contributed by atoms with Crippen LogP contribution in [0.2, 0.25) is 0 Å². The zero-order valence-electron chi connectivity index (χ0n) is 21.1. The van der Waals surface area contributed by atoms with E-state index in [0.29, 0.717) is 0 Å². The smallest absolute Gasteiger partial charge is 0.0640 e. The van der Waals surface area contributed by atoms with E-state index in [1.807, 2.05) is 11.3 Å². The molecular weight excluding hydrogens is 492 g/mol. The van der Waals surface area contributed by atoms with Crippen molar-refractivity contribution in [2.24, 2.45) is 0 Å². The number of benzene rings is 6. The Morgan fingerprint density at radius 1 is 0.436 bits per heavy atom. The third kappa shape index (κ3) is 3.48. The summed E-state index contributed by atoms with van der Waals surface area (Å²) in [5.74, 6) is 0. The van der Waals surface area contributed by atoms with Crippen molar-refractivity contribution in [2.75, 3.05) is 5.32 Å². The lowest BCUT2D eigenvalue weighted by Gasteiger charge is -2.13. The molecule has 2 aromatic heterocycles. The molecule has 0 amide bonds. The molecule has 8 rings (SSSR count). The predicted octanol–water partition coefficient (Wildman–Crippen LogP) is 10.6. The van der Waals surface area contributed by atoms with Gasteiger partial charge in [-0.05, 0) is 35.9 Å². The zero-order chi connectivity index (χ0) is 25.8. The van der Waals surface area contributed by atoms with E-state index in [1.54, 1.807) is 0 Å². The van der Waals surface area contributed by atoms with Crippen LogP contribution < -0.4 is 5.32 Å². The molecule has 0 fully saturated rings.